The maximum absolute atomic E-state index is 12.3. The summed E-state index contributed by atoms with van der Waals surface area (Å²) < 4.78 is 11.3. The highest BCUT2D eigenvalue weighted by atomic mass is 32.1. The van der Waals surface area contributed by atoms with E-state index in [0.717, 1.165) is 23.9 Å². The summed E-state index contributed by atoms with van der Waals surface area (Å²) in [6, 6.07) is 7.37. The minimum absolute atomic E-state index is 0.180. The fraction of sp³-hybridized carbons (Fsp3) is 0.412. The van der Waals surface area contributed by atoms with E-state index in [2.05, 4.69) is 15.2 Å². The summed E-state index contributed by atoms with van der Waals surface area (Å²) >= 11 is 1.63. The Morgan fingerprint density at radius 2 is 2.08 bits per heavy atom. The van der Waals surface area contributed by atoms with Crippen molar-refractivity contribution in [3.63, 3.8) is 0 Å². The summed E-state index contributed by atoms with van der Waals surface area (Å²) in [6.07, 6.45) is 1.83. The first-order valence-corrected chi connectivity index (χ1v) is 9.03. The molecular weight excluding hydrogens is 326 g/mol. The second-order valence-corrected chi connectivity index (χ2v) is 6.73. The Kier molecular flexibility index (Phi) is 4.25. The van der Waals surface area contributed by atoms with E-state index in [1.807, 2.05) is 23.6 Å². The van der Waals surface area contributed by atoms with Gasteiger partial charge in [0.15, 0.2) is 16.6 Å². The Hall–Kier alpha value is -2.28. The summed E-state index contributed by atoms with van der Waals surface area (Å²) in [6.45, 7) is 2.78. The van der Waals surface area contributed by atoms with Gasteiger partial charge in [-0.1, -0.05) is 12.1 Å². The van der Waals surface area contributed by atoms with Gasteiger partial charge in [-0.3, -0.25) is 4.79 Å². The van der Waals surface area contributed by atoms with Gasteiger partial charge in [-0.15, -0.1) is 11.3 Å². The standard InChI is InChI=1S/C17H19N3O3S/c21-16(15-10-22-13-5-1-2-6-14(13)23-15)18-9-12-11-24-17(19-12)20-7-3-4-8-20/h1-2,5-6,11,15H,3-4,7-10H2,(H,18,21)/t15-/m0/s1. The van der Waals surface area contributed by atoms with Crippen molar-refractivity contribution in [2.45, 2.75) is 25.5 Å². The number of benzene rings is 1. The van der Waals surface area contributed by atoms with Crippen LogP contribution in [0.3, 0.4) is 0 Å². The van der Waals surface area contributed by atoms with Crippen molar-refractivity contribution in [3.8, 4) is 11.5 Å². The maximum Gasteiger partial charge on any atom is 0.265 e. The lowest BCUT2D eigenvalue weighted by molar-refractivity contribution is -0.130. The number of hydrogen-bond acceptors (Lipinski definition) is 6. The zero-order valence-electron chi connectivity index (χ0n) is 13.2. The number of hydrogen-bond donors (Lipinski definition) is 1. The molecular formula is C17H19N3O3S. The average Bonchev–Trinajstić information content (AvgIpc) is 3.30. The van der Waals surface area contributed by atoms with Crippen molar-refractivity contribution >= 4 is 22.4 Å². The monoisotopic (exact) mass is 345 g/mol. The number of para-hydroxylation sites is 2. The normalized spacial score (nSPS) is 19.3. The molecule has 2 aromatic rings. The van der Waals surface area contributed by atoms with Crippen LogP contribution in [0, 0.1) is 0 Å². The minimum atomic E-state index is -0.628. The maximum atomic E-state index is 12.3. The van der Waals surface area contributed by atoms with Gasteiger partial charge in [-0.05, 0) is 25.0 Å². The van der Waals surface area contributed by atoms with Crippen molar-refractivity contribution in [2.75, 3.05) is 24.6 Å². The number of anilines is 1. The van der Waals surface area contributed by atoms with Gasteiger partial charge in [0, 0.05) is 18.5 Å². The van der Waals surface area contributed by atoms with Crippen LogP contribution in [0.2, 0.25) is 0 Å². The first-order chi connectivity index (χ1) is 11.8. The first kappa shape index (κ1) is 15.3. The zero-order valence-corrected chi connectivity index (χ0v) is 14.1. The third-order valence-corrected chi connectivity index (χ3v) is 5.11. The lowest BCUT2D eigenvalue weighted by Gasteiger charge is -2.25. The molecule has 2 aliphatic heterocycles. The van der Waals surface area contributed by atoms with Crippen molar-refractivity contribution in [1.82, 2.24) is 10.3 Å². The summed E-state index contributed by atoms with van der Waals surface area (Å²) in [7, 11) is 0. The van der Waals surface area contributed by atoms with Crippen LogP contribution in [-0.2, 0) is 11.3 Å². The molecule has 1 aromatic carbocycles. The Labute approximate surface area is 144 Å². The largest absolute Gasteiger partial charge is 0.485 e. The van der Waals surface area contributed by atoms with Crippen molar-refractivity contribution in [3.05, 3.63) is 35.3 Å². The fourth-order valence-electron chi connectivity index (χ4n) is 2.87. The molecule has 1 atom stereocenters. The van der Waals surface area contributed by atoms with Crippen LogP contribution in [0.5, 0.6) is 11.5 Å². The van der Waals surface area contributed by atoms with Gasteiger partial charge in [0.25, 0.3) is 5.91 Å². The van der Waals surface area contributed by atoms with E-state index in [0.29, 0.717) is 18.0 Å². The number of amides is 1. The molecule has 0 radical (unpaired) electrons. The molecule has 4 rings (SSSR count). The van der Waals surface area contributed by atoms with Crippen LogP contribution in [0.15, 0.2) is 29.6 Å². The number of nitrogens with one attached hydrogen (secondary N) is 1. The van der Waals surface area contributed by atoms with E-state index >= 15 is 0 Å². The highest BCUT2D eigenvalue weighted by molar-refractivity contribution is 7.13. The average molecular weight is 345 g/mol. The molecule has 0 unspecified atom stereocenters. The first-order valence-electron chi connectivity index (χ1n) is 8.15. The smallest absolute Gasteiger partial charge is 0.265 e. The Morgan fingerprint density at radius 3 is 2.92 bits per heavy atom. The molecule has 6 nitrogen and oxygen atoms in total. The Balaban J connectivity index is 1.32. The van der Waals surface area contributed by atoms with Gasteiger partial charge in [-0.2, -0.15) is 0 Å². The van der Waals surface area contributed by atoms with E-state index in [-0.39, 0.29) is 12.5 Å². The Morgan fingerprint density at radius 1 is 1.29 bits per heavy atom. The Bertz CT molecular complexity index is 727. The highest BCUT2D eigenvalue weighted by Gasteiger charge is 2.27. The van der Waals surface area contributed by atoms with E-state index in [1.165, 1.54) is 12.8 Å². The third kappa shape index (κ3) is 3.17. The van der Waals surface area contributed by atoms with Crippen LogP contribution < -0.4 is 19.7 Å². The zero-order chi connectivity index (χ0) is 16.4. The molecule has 0 aliphatic carbocycles. The van der Waals surface area contributed by atoms with Crippen molar-refractivity contribution in [2.24, 2.45) is 0 Å². The van der Waals surface area contributed by atoms with E-state index in [1.54, 1.807) is 17.4 Å². The lowest BCUT2D eigenvalue weighted by Crippen LogP contribution is -2.43. The van der Waals surface area contributed by atoms with Crippen molar-refractivity contribution in [1.29, 1.82) is 0 Å². The second kappa shape index (κ2) is 6.68. The number of fused-ring (bicyclic) bond motifs is 1. The molecule has 2 aliphatic rings. The van der Waals surface area contributed by atoms with Gasteiger partial charge in [-0.25, -0.2) is 4.98 Å². The van der Waals surface area contributed by atoms with Crippen LogP contribution in [-0.4, -0.2) is 36.7 Å². The number of aromatic nitrogens is 1. The highest BCUT2D eigenvalue weighted by Crippen LogP contribution is 2.31. The minimum Gasteiger partial charge on any atom is -0.485 e. The van der Waals surface area contributed by atoms with E-state index in [4.69, 9.17) is 9.47 Å². The fourth-order valence-corrected chi connectivity index (χ4v) is 3.75. The van der Waals surface area contributed by atoms with E-state index in [9.17, 15) is 4.79 Å². The molecule has 1 amide bonds. The topological polar surface area (TPSA) is 63.7 Å². The third-order valence-electron chi connectivity index (χ3n) is 4.16. The van der Waals surface area contributed by atoms with Gasteiger partial charge in [0.1, 0.15) is 6.61 Å². The number of carbonyl (C=O) groups excluding carboxylic acids is 1. The number of rotatable bonds is 4. The molecule has 1 aromatic heterocycles. The van der Waals surface area contributed by atoms with Gasteiger partial charge in [0.2, 0.25) is 6.10 Å². The second-order valence-electron chi connectivity index (χ2n) is 5.90. The predicted octanol–water partition coefficient (Wildman–Crippen LogP) is 2.20. The summed E-state index contributed by atoms with van der Waals surface area (Å²) in [5.41, 5.74) is 0.882. The van der Waals surface area contributed by atoms with Crippen molar-refractivity contribution < 1.29 is 14.3 Å². The van der Waals surface area contributed by atoms with Crippen LogP contribution in [0.1, 0.15) is 18.5 Å². The molecule has 1 N–H and O–H groups in total. The molecule has 126 valence electrons. The number of nitrogens with zero attached hydrogens (tertiary/aromatic N) is 2. The van der Waals surface area contributed by atoms with Gasteiger partial charge < -0.3 is 19.7 Å². The summed E-state index contributed by atoms with van der Waals surface area (Å²) in [4.78, 5) is 19.2. The van der Waals surface area contributed by atoms with Crippen LogP contribution >= 0.6 is 11.3 Å². The van der Waals surface area contributed by atoms with Gasteiger partial charge >= 0.3 is 0 Å². The van der Waals surface area contributed by atoms with Crippen LogP contribution in [0.25, 0.3) is 0 Å². The molecule has 0 bridgehead atoms. The number of carbonyl (C=O) groups is 1. The molecule has 7 heteroatoms. The summed E-state index contributed by atoms with van der Waals surface area (Å²) in [5.74, 6) is 1.10. The number of thiazole rings is 1. The summed E-state index contributed by atoms with van der Waals surface area (Å²) in [5, 5.41) is 5.93. The quantitative estimate of drug-likeness (QED) is 0.920. The SMILES string of the molecule is O=C(NCc1csc(N2CCCC2)n1)[C@@H]1COc2ccccc2O1. The van der Waals surface area contributed by atoms with Crippen LogP contribution in [0.4, 0.5) is 5.13 Å². The molecule has 0 saturated carbocycles. The predicted molar refractivity (Wildman–Crippen MR) is 91.8 cm³/mol. The molecule has 24 heavy (non-hydrogen) atoms. The number of ether oxygens (including phenoxy) is 2. The van der Waals surface area contributed by atoms with Gasteiger partial charge in [0.05, 0.1) is 12.2 Å². The molecule has 0 spiro atoms. The van der Waals surface area contributed by atoms with E-state index < -0.39 is 6.10 Å². The molecule has 1 fully saturated rings. The molecule has 1 saturated heterocycles. The molecule has 3 heterocycles. The lowest BCUT2D eigenvalue weighted by atomic mass is 10.2.